The molecule has 0 heterocycles. The van der Waals surface area contributed by atoms with E-state index < -0.39 is 0 Å². The molecule has 1 N–H and O–H groups in total. The van der Waals surface area contributed by atoms with Gasteiger partial charge in [0.25, 0.3) is 0 Å². The van der Waals surface area contributed by atoms with E-state index in [0.29, 0.717) is 0 Å². The SMILES string of the molecule is CCCNCc1ccc(CN(C)CCOCC)c(Br)c1. The lowest BCUT2D eigenvalue weighted by molar-refractivity contribution is 0.120. The van der Waals surface area contributed by atoms with Crippen LogP contribution in [-0.2, 0) is 17.8 Å². The van der Waals surface area contributed by atoms with Gasteiger partial charge < -0.3 is 10.1 Å². The second-order valence-electron chi connectivity index (χ2n) is 5.04. The number of hydrogen-bond donors (Lipinski definition) is 1. The lowest BCUT2D eigenvalue weighted by Gasteiger charge is -2.18. The van der Waals surface area contributed by atoms with Gasteiger partial charge in [-0.3, -0.25) is 4.90 Å². The van der Waals surface area contributed by atoms with Gasteiger partial charge in [-0.2, -0.15) is 0 Å². The summed E-state index contributed by atoms with van der Waals surface area (Å²) in [5.74, 6) is 0. The maximum atomic E-state index is 5.38. The Balaban J connectivity index is 2.46. The predicted molar refractivity (Wildman–Crippen MR) is 89.0 cm³/mol. The van der Waals surface area contributed by atoms with E-state index in [1.54, 1.807) is 0 Å². The fourth-order valence-electron chi connectivity index (χ4n) is 1.97. The van der Waals surface area contributed by atoms with E-state index in [-0.39, 0.29) is 0 Å². The van der Waals surface area contributed by atoms with Crippen molar-refractivity contribution < 1.29 is 4.74 Å². The third kappa shape index (κ3) is 6.84. The van der Waals surface area contributed by atoms with E-state index in [0.717, 1.165) is 39.4 Å². The van der Waals surface area contributed by atoms with Crippen molar-refractivity contribution in [3.05, 3.63) is 33.8 Å². The molecule has 0 saturated heterocycles. The van der Waals surface area contributed by atoms with Crippen molar-refractivity contribution in [2.75, 3.05) is 33.4 Å². The summed E-state index contributed by atoms with van der Waals surface area (Å²) in [7, 11) is 2.13. The molecule has 0 fully saturated rings. The van der Waals surface area contributed by atoms with E-state index in [1.165, 1.54) is 22.0 Å². The Bertz CT molecular complexity index is 385. The first kappa shape index (κ1) is 17.6. The van der Waals surface area contributed by atoms with Crippen molar-refractivity contribution in [1.82, 2.24) is 10.2 Å². The summed E-state index contributed by atoms with van der Waals surface area (Å²) in [6, 6.07) is 6.64. The van der Waals surface area contributed by atoms with Gasteiger partial charge >= 0.3 is 0 Å². The summed E-state index contributed by atoms with van der Waals surface area (Å²) in [6.07, 6.45) is 1.17. The van der Waals surface area contributed by atoms with Gasteiger partial charge in [-0.25, -0.2) is 0 Å². The third-order valence-corrected chi connectivity index (χ3v) is 3.87. The standard InChI is InChI=1S/C16H27BrN2O/c1-4-8-18-12-14-6-7-15(16(17)11-14)13-19(3)9-10-20-5-2/h6-7,11,18H,4-5,8-10,12-13H2,1-3H3. The van der Waals surface area contributed by atoms with Crippen LogP contribution in [0.25, 0.3) is 0 Å². The van der Waals surface area contributed by atoms with Crippen LogP contribution in [0.5, 0.6) is 0 Å². The van der Waals surface area contributed by atoms with Crippen LogP contribution in [-0.4, -0.2) is 38.3 Å². The fraction of sp³-hybridized carbons (Fsp3) is 0.625. The molecule has 0 radical (unpaired) electrons. The quantitative estimate of drug-likeness (QED) is 0.659. The van der Waals surface area contributed by atoms with Crippen LogP contribution in [0, 0.1) is 0 Å². The molecule has 0 bridgehead atoms. The molecule has 1 aromatic carbocycles. The van der Waals surface area contributed by atoms with Gasteiger partial charge in [0, 0.05) is 30.7 Å². The molecule has 1 aromatic rings. The third-order valence-electron chi connectivity index (χ3n) is 3.14. The molecule has 20 heavy (non-hydrogen) atoms. The van der Waals surface area contributed by atoms with Crippen LogP contribution in [0.3, 0.4) is 0 Å². The number of nitrogens with one attached hydrogen (secondary N) is 1. The Morgan fingerprint density at radius 2 is 2.10 bits per heavy atom. The molecule has 0 amide bonds. The van der Waals surface area contributed by atoms with Gasteiger partial charge in [0.15, 0.2) is 0 Å². The maximum absolute atomic E-state index is 5.38. The highest BCUT2D eigenvalue weighted by Crippen LogP contribution is 2.20. The van der Waals surface area contributed by atoms with Crippen molar-refractivity contribution >= 4 is 15.9 Å². The van der Waals surface area contributed by atoms with Crippen LogP contribution in [0.2, 0.25) is 0 Å². The highest BCUT2D eigenvalue weighted by Gasteiger charge is 2.05. The van der Waals surface area contributed by atoms with Gasteiger partial charge in [0.2, 0.25) is 0 Å². The van der Waals surface area contributed by atoms with Gasteiger partial charge in [-0.15, -0.1) is 0 Å². The Kier molecular flexibility index (Phi) is 9.10. The van der Waals surface area contributed by atoms with Crippen molar-refractivity contribution in [2.45, 2.75) is 33.4 Å². The van der Waals surface area contributed by atoms with E-state index in [1.807, 2.05) is 6.92 Å². The summed E-state index contributed by atoms with van der Waals surface area (Å²) in [6.45, 7) is 9.70. The van der Waals surface area contributed by atoms with Crippen molar-refractivity contribution in [3.63, 3.8) is 0 Å². The number of rotatable bonds is 10. The summed E-state index contributed by atoms with van der Waals surface area (Å²) in [5.41, 5.74) is 2.65. The average Bonchev–Trinajstić information content (AvgIpc) is 2.42. The van der Waals surface area contributed by atoms with Crippen LogP contribution < -0.4 is 5.32 Å². The zero-order valence-corrected chi connectivity index (χ0v) is 14.5. The Hall–Kier alpha value is -0.420. The van der Waals surface area contributed by atoms with Crippen molar-refractivity contribution in [3.8, 4) is 0 Å². The summed E-state index contributed by atoms with van der Waals surface area (Å²) in [5, 5.41) is 3.43. The number of hydrogen-bond acceptors (Lipinski definition) is 3. The smallest absolute Gasteiger partial charge is 0.0593 e. The van der Waals surface area contributed by atoms with Gasteiger partial charge in [0.05, 0.1) is 6.61 Å². The van der Waals surface area contributed by atoms with Crippen molar-refractivity contribution in [2.24, 2.45) is 0 Å². The second kappa shape index (κ2) is 10.3. The summed E-state index contributed by atoms with van der Waals surface area (Å²) in [4.78, 5) is 2.28. The van der Waals surface area contributed by atoms with Crippen LogP contribution >= 0.6 is 15.9 Å². The molecule has 3 nitrogen and oxygen atoms in total. The molecule has 0 unspecified atom stereocenters. The van der Waals surface area contributed by atoms with Gasteiger partial charge in [-0.1, -0.05) is 35.0 Å². The van der Waals surface area contributed by atoms with Crippen molar-refractivity contribution in [1.29, 1.82) is 0 Å². The first-order valence-electron chi connectivity index (χ1n) is 7.41. The molecule has 4 heteroatoms. The van der Waals surface area contributed by atoms with E-state index >= 15 is 0 Å². The number of ether oxygens (including phenoxy) is 1. The van der Waals surface area contributed by atoms with Gasteiger partial charge in [-0.05, 0) is 44.1 Å². The number of benzene rings is 1. The Morgan fingerprint density at radius 1 is 1.30 bits per heavy atom. The number of halogens is 1. The fourth-order valence-corrected chi connectivity index (χ4v) is 2.52. The molecule has 1 rings (SSSR count). The lowest BCUT2D eigenvalue weighted by Crippen LogP contribution is -2.23. The van der Waals surface area contributed by atoms with Crippen LogP contribution in [0.15, 0.2) is 22.7 Å². The molecule has 0 spiro atoms. The molecule has 0 aliphatic carbocycles. The molecule has 114 valence electrons. The Morgan fingerprint density at radius 3 is 2.75 bits per heavy atom. The minimum Gasteiger partial charge on any atom is -0.380 e. The topological polar surface area (TPSA) is 24.5 Å². The highest BCUT2D eigenvalue weighted by molar-refractivity contribution is 9.10. The monoisotopic (exact) mass is 342 g/mol. The average molecular weight is 343 g/mol. The predicted octanol–water partition coefficient (Wildman–Crippen LogP) is 3.42. The van der Waals surface area contributed by atoms with E-state index in [2.05, 4.69) is 58.3 Å². The van der Waals surface area contributed by atoms with Crippen LogP contribution in [0.1, 0.15) is 31.4 Å². The number of nitrogens with zero attached hydrogens (tertiary/aromatic N) is 1. The first-order chi connectivity index (χ1) is 9.67. The zero-order chi connectivity index (χ0) is 14.8. The molecule has 0 aliphatic rings. The zero-order valence-electron chi connectivity index (χ0n) is 12.9. The van der Waals surface area contributed by atoms with Crippen LogP contribution in [0.4, 0.5) is 0 Å². The largest absolute Gasteiger partial charge is 0.380 e. The van der Waals surface area contributed by atoms with E-state index in [9.17, 15) is 0 Å². The molecule has 0 saturated carbocycles. The molecular weight excluding hydrogens is 316 g/mol. The minimum atomic E-state index is 0.789. The van der Waals surface area contributed by atoms with E-state index in [4.69, 9.17) is 4.74 Å². The first-order valence-corrected chi connectivity index (χ1v) is 8.21. The molecule has 0 aromatic heterocycles. The van der Waals surface area contributed by atoms with Gasteiger partial charge in [0.1, 0.15) is 0 Å². The normalized spacial score (nSPS) is 11.2. The highest BCUT2D eigenvalue weighted by atomic mass is 79.9. The summed E-state index contributed by atoms with van der Waals surface area (Å²) < 4.78 is 6.58. The minimum absolute atomic E-state index is 0.789. The molecule has 0 atom stereocenters. The maximum Gasteiger partial charge on any atom is 0.0593 e. The molecular formula is C16H27BrN2O. The second-order valence-corrected chi connectivity index (χ2v) is 5.89. The number of likely N-dealkylation sites (N-methyl/N-ethyl adjacent to an activating group) is 1. The Labute approximate surface area is 131 Å². The molecule has 0 aliphatic heterocycles. The lowest BCUT2D eigenvalue weighted by atomic mass is 10.1. The summed E-state index contributed by atoms with van der Waals surface area (Å²) >= 11 is 3.68.